The van der Waals surface area contributed by atoms with Gasteiger partial charge < -0.3 is 5.32 Å². The molecule has 108 valence electrons. The highest BCUT2D eigenvalue weighted by Gasteiger charge is 2.47. The molecule has 0 bridgehead atoms. The number of hydrogen-bond donors (Lipinski definition) is 2. The molecule has 0 saturated heterocycles. The van der Waals surface area contributed by atoms with Crippen molar-refractivity contribution in [2.75, 3.05) is 0 Å². The third-order valence-electron chi connectivity index (χ3n) is 4.31. The maximum Gasteiger partial charge on any atom is 0.238 e. The third-order valence-corrected chi connectivity index (χ3v) is 5.22. The van der Waals surface area contributed by atoms with Gasteiger partial charge in [-0.1, -0.05) is 12.1 Å². The molecule has 1 amide bonds. The summed E-state index contributed by atoms with van der Waals surface area (Å²) in [6.45, 7) is 0.341. The Morgan fingerprint density at radius 1 is 1.25 bits per heavy atom. The molecule has 0 aliphatic heterocycles. The number of benzene rings is 1. The second-order valence-corrected chi connectivity index (χ2v) is 7.40. The lowest BCUT2D eigenvalue weighted by molar-refractivity contribution is -0.125. The van der Waals surface area contributed by atoms with E-state index >= 15 is 0 Å². The van der Waals surface area contributed by atoms with Crippen LogP contribution in [-0.2, 0) is 21.4 Å². The smallest absolute Gasteiger partial charge is 0.238 e. The van der Waals surface area contributed by atoms with Crippen molar-refractivity contribution in [3.63, 3.8) is 0 Å². The Hall–Kier alpha value is -1.40. The summed E-state index contributed by atoms with van der Waals surface area (Å²) >= 11 is 0. The predicted octanol–water partition coefficient (Wildman–Crippen LogP) is 0.996. The summed E-state index contributed by atoms with van der Waals surface area (Å²) in [7, 11) is -3.69. The van der Waals surface area contributed by atoms with E-state index in [4.69, 9.17) is 5.14 Å². The number of carbonyl (C=O) groups excluding carboxylic acids is 1. The molecule has 1 aromatic carbocycles. The van der Waals surface area contributed by atoms with Crippen molar-refractivity contribution < 1.29 is 13.2 Å². The van der Waals surface area contributed by atoms with Gasteiger partial charge in [-0.2, -0.15) is 0 Å². The largest absolute Gasteiger partial charge is 0.352 e. The van der Waals surface area contributed by atoms with Crippen LogP contribution in [0, 0.1) is 17.8 Å². The zero-order valence-electron chi connectivity index (χ0n) is 11.1. The average Bonchev–Trinajstić information content (AvgIpc) is 3.02. The lowest BCUT2D eigenvalue weighted by Crippen LogP contribution is -2.29. The first-order valence-corrected chi connectivity index (χ1v) is 8.37. The standard InChI is InChI=1S/C14H18N2O3S/c15-20(18,19)13-3-1-2-9(4-13)8-16-14(17)12-6-10-5-11(10)7-12/h1-4,10-12H,5-8H2,(H,16,17)(H2,15,18,19). The number of carbonyl (C=O) groups is 1. The fourth-order valence-corrected chi connectivity index (χ4v) is 3.68. The Morgan fingerprint density at radius 3 is 2.60 bits per heavy atom. The molecular formula is C14H18N2O3S. The molecule has 2 saturated carbocycles. The Labute approximate surface area is 118 Å². The number of rotatable bonds is 4. The first-order valence-electron chi connectivity index (χ1n) is 6.83. The van der Waals surface area contributed by atoms with E-state index in [0.717, 1.165) is 30.2 Å². The molecule has 0 aromatic heterocycles. The van der Waals surface area contributed by atoms with Gasteiger partial charge in [-0.05, 0) is 48.8 Å². The van der Waals surface area contributed by atoms with Gasteiger partial charge in [0.15, 0.2) is 0 Å². The lowest BCUT2D eigenvalue weighted by Gasteiger charge is -2.12. The molecule has 0 heterocycles. The van der Waals surface area contributed by atoms with Crippen molar-refractivity contribution in [3.8, 4) is 0 Å². The van der Waals surface area contributed by atoms with Gasteiger partial charge >= 0.3 is 0 Å². The van der Waals surface area contributed by atoms with Gasteiger partial charge in [0.25, 0.3) is 0 Å². The van der Waals surface area contributed by atoms with Crippen molar-refractivity contribution in [3.05, 3.63) is 29.8 Å². The van der Waals surface area contributed by atoms with Crippen LogP contribution in [-0.4, -0.2) is 14.3 Å². The Kier molecular flexibility index (Phi) is 3.30. The van der Waals surface area contributed by atoms with Crippen molar-refractivity contribution in [2.24, 2.45) is 22.9 Å². The van der Waals surface area contributed by atoms with Gasteiger partial charge in [0.05, 0.1) is 4.90 Å². The van der Waals surface area contributed by atoms with E-state index in [9.17, 15) is 13.2 Å². The van der Waals surface area contributed by atoms with Crippen molar-refractivity contribution in [2.45, 2.75) is 30.7 Å². The van der Waals surface area contributed by atoms with Gasteiger partial charge in [-0.3, -0.25) is 4.79 Å². The average molecular weight is 294 g/mol. The van der Waals surface area contributed by atoms with Gasteiger partial charge in [0, 0.05) is 12.5 Å². The second kappa shape index (κ2) is 4.86. The number of nitrogens with one attached hydrogen (secondary N) is 1. The van der Waals surface area contributed by atoms with Crippen LogP contribution in [0.4, 0.5) is 0 Å². The molecule has 2 unspecified atom stereocenters. The molecule has 2 aliphatic rings. The van der Waals surface area contributed by atoms with E-state index in [2.05, 4.69) is 5.32 Å². The summed E-state index contributed by atoms with van der Waals surface area (Å²) in [6, 6.07) is 6.36. The fraction of sp³-hybridized carbons (Fsp3) is 0.500. The molecule has 0 spiro atoms. The molecule has 2 atom stereocenters. The summed E-state index contributed by atoms with van der Waals surface area (Å²) in [5.41, 5.74) is 0.744. The van der Waals surface area contributed by atoms with Crippen molar-refractivity contribution in [1.82, 2.24) is 5.32 Å². The Morgan fingerprint density at radius 2 is 1.95 bits per heavy atom. The number of amides is 1. The molecule has 2 aliphatic carbocycles. The molecule has 5 nitrogen and oxygen atoms in total. The minimum absolute atomic E-state index is 0.0753. The monoisotopic (exact) mass is 294 g/mol. The van der Waals surface area contributed by atoms with Crippen LogP contribution in [0.3, 0.4) is 0 Å². The number of hydrogen-bond acceptors (Lipinski definition) is 3. The molecule has 2 fully saturated rings. The zero-order valence-corrected chi connectivity index (χ0v) is 11.9. The first kappa shape index (κ1) is 13.6. The summed E-state index contributed by atoms with van der Waals surface area (Å²) in [6.07, 6.45) is 3.31. The van der Waals surface area contributed by atoms with Gasteiger partial charge in [-0.25, -0.2) is 13.6 Å². The van der Waals surface area contributed by atoms with E-state index in [1.165, 1.54) is 18.6 Å². The highest BCUT2D eigenvalue weighted by atomic mass is 32.2. The van der Waals surface area contributed by atoms with Crippen molar-refractivity contribution >= 4 is 15.9 Å². The topological polar surface area (TPSA) is 89.3 Å². The normalized spacial score (nSPS) is 27.9. The van der Waals surface area contributed by atoms with E-state index in [1.807, 2.05) is 0 Å². The van der Waals surface area contributed by atoms with Crippen LogP contribution < -0.4 is 10.5 Å². The van der Waals surface area contributed by atoms with Crippen LogP contribution in [0.5, 0.6) is 0 Å². The number of nitrogens with two attached hydrogens (primary N) is 1. The molecule has 1 aromatic rings. The summed E-state index contributed by atoms with van der Waals surface area (Å²) in [5, 5.41) is 7.97. The van der Waals surface area contributed by atoms with Crippen LogP contribution in [0.15, 0.2) is 29.2 Å². The second-order valence-electron chi connectivity index (χ2n) is 5.83. The molecule has 3 N–H and O–H groups in total. The highest BCUT2D eigenvalue weighted by Crippen LogP contribution is 2.54. The predicted molar refractivity (Wildman–Crippen MR) is 74.0 cm³/mol. The van der Waals surface area contributed by atoms with Gasteiger partial charge in [-0.15, -0.1) is 0 Å². The summed E-state index contributed by atoms with van der Waals surface area (Å²) in [4.78, 5) is 12.1. The van der Waals surface area contributed by atoms with Crippen molar-refractivity contribution in [1.29, 1.82) is 0 Å². The fourth-order valence-electron chi connectivity index (χ4n) is 3.09. The molecular weight excluding hydrogens is 276 g/mol. The number of sulfonamides is 1. The molecule has 3 rings (SSSR count). The molecule has 0 radical (unpaired) electrons. The maximum atomic E-state index is 12.0. The van der Waals surface area contributed by atoms with E-state index < -0.39 is 10.0 Å². The lowest BCUT2D eigenvalue weighted by atomic mass is 10.0. The highest BCUT2D eigenvalue weighted by molar-refractivity contribution is 7.89. The van der Waals surface area contributed by atoms with Crippen LogP contribution >= 0.6 is 0 Å². The van der Waals surface area contributed by atoms with Gasteiger partial charge in [0.2, 0.25) is 15.9 Å². The zero-order chi connectivity index (χ0) is 14.3. The third kappa shape index (κ3) is 2.86. The van der Waals surface area contributed by atoms with E-state index in [1.54, 1.807) is 12.1 Å². The number of fused-ring (bicyclic) bond motifs is 1. The maximum absolute atomic E-state index is 12.0. The first-order chi connectivity index (χ1) is 9.43. The SMILES string of the molecule is NS(=O)(=O)c1cccc(CNC(=O)C2CC3CC3C2)c1. The summed E-state index contributed by atoms with van der Waals surface area (Å²) in [5.74, 6) is 1.77. The Balaban J connectivity index is 1.59. The summed E-state index contributed by atoms with van der Waals surface area (Å²) < 4.78 is 22.5. The van der Waals surface area contributed by atoms with E-state index in [-0.39, 0.29) is 16.7 Å². The van der Waals surface area contributed by atoms with E-state index in [0.29, 0.717) is 6.54 Å². The minimum atomic E-state index is -3.69. The molecule has 6 heteroatoms. The van der Waals surface area contributed by atoms with Crippen LogP contribution in [0.25, 0.3) is 0 Å². The minimum Gasteiger partial charge on any atom is -0.352 e. The molecule has 20 heavy (non-hydrogen) atoms. The Bertz CT molecular complexity index is 632. The number of primary sulfonamides is 1. The van der Waals surface area contributed by atoms with Gasteiger partial charge in [0.1, 0.15) is 0 Å². The quantitative estimate of drug-likeness (QED) is 0.868. The van der Waals surface area contributed by atoms with Crippen LogP contribution in [0.2, 0.25) is 0 Å². The van der Waals surface area contributed by atoms with Crippen LogP contribution in [0.1, 0.15) is 24.8 Å².